The molecule has 1 aliphatic heterocycles. The molecular formula is C14H20N2O4. The van der Waals surface area contributed by atoms with Crippen molar-refractivity contribution in [1.82, 2.24) is 10.1 Å². The van der Waals surface area contributed by atoms with Crippen LogP contribution in [0.4, 0.5) is 0 Å². The Morgan fingerprint density at radius 2 is 2.15 bits per heavy atom. The van der Waals surface area contributed by atoms with Crippen LogP contribution < -0.4 is 0 Å². The van der Waals surface area contributed by atoms with Crippen LogP contribution in [0.15, 0.2) is 10.6 Å². The summed E-state index contributed by atoms with van der Waals surface area (Å²) in [5.41, 5.74) is 0.0744. The van der Waals surface area contributed by atoms with E-state index in [1.54, 1.807) is 4.90 Å². The van der Waals surface area contributed by atoms with Gasteiger partial charge in [-0.25, -0.2) is 4.79 Å². The first-order valence-corrected chi connectivity index (χ1v) is 6.98. The molecule has 1 fully saturated rings. The van der Waals surface area contributed by atoms with Gasteiger partial charge in [-0.1, -0.05) is 19.0 Å². The number of carbonyl (C=O) groups excluding carboxylic acids is 1. The van der Waals surface area contributed by atoms with Crippen LogP contribution in [0.2, 0.25) is 0 Å². The van der Waals surface area contributed by atoms with Crippen molar-refractivity contribution >= 4 is 11.9 Å². The van der Waals surface area contributed by atoms with Gasteiger partial charge in [0.05, 0.1) is 0 Å². The Kier molecular flexibility index (Phi) is 4.42. The Bertz CT molecular complexity index is 495. The molecule has 0 spiro atoms. The van der Waals surface area contributed by atoms with E-state index in [0.29, 0.717) is 24.9 Å². The van der Waals surface area contributed by atoms with E-state index in [9.17, 15) is 9.59 Å². The average Bonchev–Trinajstić information content (AvgIpc) is 2.76. The molecule has 20 heavy (non-hydrogen) atoms. The molecule has 2 heterocycles. The fourth-order valence-corrected chi connectivity index (χ4v) is 2.63. The first-order chi connectivity index (χ1) is 9.49. The largest absolute Gasteiger partial charge is 0.475 e. The van der Waals surface area contributed by atoms with Gasteiger partial charge < -0.3 is 14.5 Å². The predicted octanol–water partition coefficient (Wildman–Crippen LogP) is 2.27. The van der Waals surface area contributed by atoms with E-state index in [-0.39, 0.29) is 17.4 Å². The Hall–Kier alpha value is -1.85. The van der Waals surface area contributed by atoms with E-state index in [1.165, 1.54) is 6.07 Å². The summed E-state index contributed by atoms with van der Waals surface area (Å²) in [7, 11) is 0. The number of rotatable bonds is 3. The molecule has 1 unspecified atom stereocenters. The number of aromatic nitrogens is 1. The van der Waals surface area contributed by atoms with Crippen molar-refractivity contribution in [2.24, 2.45) is 11.8 Å². The van der Waals surface area contributed by atoms with Gasteiger partial charge in [-0.3, -0.25) is 4.79 Å². The topological polar surface area (TPSA) is 83.6 Å². The lowest BCUT2D eigenvalue weighted by Crippen LogP contribution is -2.32. The standard InChI is InChI=1S/C14H20N2O4/c1-9(2)10-4-3-6-16(7-5-10)13(17)11-8-12(14(18)19)20-15-11/h8-10H,3-7H2,1-2H3,(H,18,19). The smallest absolute Gasteiger partial charge is 0.374 e. The number of aromatic carboxylic acids is 1. The second kappa shape index (κ2) is 6.07. The molecule has 6 nitrogen and oxygen atoms in total. The highest BCUT2D eigenvalue weighted by molar-refractivity contribution is 5.94. The van der Waals surface area contributed by atoms with Crippen LogP contribution >= 0.6 is 0 Å². The summed E-state index contributed by atoms with van der Waals surface area (Å²) < 4.78 is 4.63. The van der Waals surface area contributed by atoms with Gasteiger partial charge in [0.25, 0.3) is 5.91 Å². The minimum atomic E-state index is -1.22. The maximum Gasteiger partial charge on any atom is 0.374 e. The molecule has 1 saturated heterocycles. The van der Waals surface area contributed by atoms with Crippen molar-refractivity contribution in [2.75, 3.05) is 13.1 Å². The summed E-state index contributed by atoms with van der Waals surface area (Å²) >= 11 is 0. The minimum Gasteiger partial charge on any atom is -0.475 e. The van der Waals surface area contributed by atoms with Crippen molar-refractivity contribution in [1.29, 1.82) is 0 Å². The van der Waals surface area contributed by atoms with E-state index >= 15 is 0 Å². The van der Waals surface area contributed by atoms with Crippen LogP contribution in [0.25, 0.3) is 0 Å². The number of carbonyl (C=O) groups is 2. The van der Waals surface area contributed by atoms with Crippen LogP contribution in [-0.2, 0) is 0 Å². The summed E-state index contributed by atoms with van der Waals surface area (Å²) in [4.78, 5) is 24.7. The lowest BCUT2D eigenvalue weighted by atomic mass is 9.89. The average molecular weight is 280 g/mol. The number of nitrogens with zero attached hydrogens (tertiary/aromatic N) is 2. The Morgan fingerprint density at radius 3 is 2.75 bits per heavy atom. The number of carboxylic acids is 1. The third kappa shape index (κ3) is 3.18. The molecule has 1 atom stereocenters. The quantitative estimate of drug-likeness (QED) is 0.918. The predicted molar refractivity (Wildman–Crippen MR) is 71.5 cm³/mol. The molecule has 1 aromatic rings. The molecule has 1 aliphatic rings. The fraction of sp³-hybridized carbons (Fsp3) is 0.643. The zero-order valence-electron chi connectivity index (χ0n) is 11.8. The maximum atomic E-state index is 12.3. The number of amides is 1. The molecule has 0 radical (unpaired) electrons. The second-order valence-corrected chi connectivity index (χ2v) is 5.61. The number of carboxylic acid groups (broad SMARTS) is 1. The van der Waals surface area contributed by atoms with Gasteiger partial charge in [0.15, 0.2) is 5.69 Å². The molecule has 1 N–H and O–H groups in total. The van der Waals surface area contributed by atoms with E-state index < -0.39 is 5.97 Å². The van der Waals surface area contributed by atoms with Gasteiger partial charge in [0.2, 0.25) is 5.76 Å². The summed E-state index contributed by atoms with van der Waals surface area (Å²) in [6.45, 7) is 5.80. The SMILES string of the molecule is CC(C)C1CCCN(C(=O)c2cc(C(=O)O)on2)CC1. The van der Waals surface area contributed by atoms with Crippen molar-refractivity contribution < 1.29 is 19.2 Å². The molecule has 110 valence electrons. The van der Waals surface area contributed by atoms with Crippen molar-refractivity contribution in [3.63, 3.8) is 0 Å². The maximum absolute atomic E-state index is 12.3. The molecular weight excluding hydrogens is 260 g/mol. The number of hydrogen-bond acceptors (Lipinski definition) is 4. The van der Waals surface area contributed by atoms with Gasteiger partial charge in [-0.05, 0) is 31.1 Å². The molecule has 6 heteroatoms. The van der Waals surface area contributed by atoms with Crippen molar-refractivity contribution in [2.45, 2.75) is 33.1 Å². The van der Waals surface area contributed by atoms with Gasteiger partial charge in [0, 0.05) is 19.2 Å². The highest BCUT2D eigenvalue weighted by Gasteiger charge is 2.25. The third-order valence-electron chi connectivity index (χ3n) is 3.94. The van der Waals surface area contributed by atoms with Crippen molar-refractivity contribution in [3.8, 4) is 0 Å². The molecule has 0 aliphatic carbocycles. The highest BCUT2D eigenvalue weighted by atomic mass is 16.5. The van der Waals surface area contributed by atoms with Crippen LogP contribution in [0, 0.1) is 11.8 Å². The first kappa shape index (κ1) is 14.6. The Labute approximate surface area is 117 Å². The zero-order chi connectivity index (χ0) is 14.7. The Morgan fingerprint density at radius 1 is 1.40 bits per heavy atom. The van der Waals surface area contributed by atoms with Crippen LogP contribution in [0.3, 0.4) is 0 Å². The van der Waals surface area contributed by atoms with Gasteiger partial charge in [0.1, 0.15) is 0 Å². The monoisotopic (exact) mass is 280 g/mol. The summed E-state index contributed by atoms with van der Waals surface area (Å²) in [6, 6.07) is 1.19. The van der Waals surface area contributed by atoms with Gasteiger partial charge >= 0.3 is 5.97 Å². The lowest BCUT2D eigenvalue weighted by molar-refractivity contribution is 0.0648. The first-order valence-electron chi connectivity index (χ1n) is 6.98. The highest BCUT2D eigenvalue weighted by Crippen LogP contribution is 2.25. The second-order valence-electron chi connectivity index (χ2n) is 5.61. The minimum absolute atomic E-state index is 0.0744. The molecule has 1 amide bonds. The van der Waals surface area contributed by atoms with Crippen LogP contribution in [0.5, 0.6) is 0 Å². The van der Waals surface area contributed by atoms with E-state index in [2.05, 4.69) is 23.5 Å². The van der Waals surface area contributed by atoms with E-state index in [4.69, 9.17) is 5.11 Å². The van der Waals surface area contributed by atoms with E-state index in [1.807, 2.05) is 0 Å². The van der Waals surface area contributed by atoms with Crippen molar-refractivity contribution in [3.05, 3.63) is 17.5 Å². The van der Waals surface area contributed by atoms with E-state index in [0.717, 1.165) is 19.3 Å². The summed E-state index contributed by atoms with van der Waals surface area (Å²) in [6.07, 6.45) is 3.08. The number of likely N-dealkylation sites (tertiary alicyclic amines) is 1. The molecule has 2 rings (SSSR count). The summed E-state index contributed by atoms with van der Waals surface area (Å²) in [5, 5.41) is 12.3. The molecule has 0 saturated carbocycles. The summed E-state index contributed by atoms with van der Waals surface area (Å²) in [5.74, 6) is -0.503. The van der Waals surface area contributed by atoms with Crippen LogP contribution in [-0.4, -0.2) is 40.1 Å². The normalized spacial score (nSPS) is 19.9. The fourth-order valence-electron chi connectivity index (χ4n) is 2.63. The molecule has 1 aromatic heterocycles. The zero-order valence-corrected chi connectivity index (χ0v) is 11.8. The van der Waals surface area contributed by atoms with Gasteiger partial charge in [-0.15, -0.1) is 0 Å². The molecule has 0 bridgehead atoms. The van der Waals surface area contributed by atoms with Crippen LogP contribution in [0.1, 0.15) is 54.2 Å². The molecule has 0 aromatic carbocycles. The number of hydrogen-bond donors (Lipinski definition) is 1. The van der Waals surface area contributed by atoms with Gasteiger partial charge in [-0.2, -0.15) is 0 Å². The Balaban J connectivity index is 2.03. The lowest BCUT2D eigenvalue weighted by Gasteiger charge is -2.20. The third-order valence-corrected chi connectivity index (χ3v) is 3.94.